The zero-order valence-corrected chi connectivity index (χ0v) is 26.5. The predicted octanol–water partition coefficient (Wildman–Crippen LogP) is 6.96. The Kier molecular flexibility index (Phi) is 14.7. The number of anilines is 3. The first-order valence-corrected chi connectivity index (χ1v) is 15.4. The molecule has 1 fully saturated rings. The van der Waals surface area contributed by atoms with Gasteiger partial charge in [-0.2, -0.15) is 0 Å². The predicted molar refractivity (Wildman–Crippen MR) is 175 cm³/mol. The highest BCUT2D eigenvalue weighted by molar-refractivity contribution is 5.78. The van der Waals surface area contributed by atoms with Crippen molar-refractivity contribution in [2.24, 2.45) is 5.84 Å². The highest BCUT2D eigenvalue weighted by Crippen LogP contribution is 2.25. The quantitative estimate of drug-likeness (QED) is 0.134. The van der Waals surface area contributed by atoms with Crippen molar-refractivity contribution >= 4 is 34.7 Å². The molecule has 9 nitrogen and oxygen atoms in total. The summed E-state index contributed by atoms with van der Waals surface area (Å²) in [5.41, 5.74) is 4.88. The zero-order chi connectivity index (χ0) is 31.1. The zero-order valence-electron chi connectivity index (χ0n) is 26.5. The maximum absolute atomic E-state index is 12.4. The van der Waals surface area contributed by atoms with Crippen molar-refractivity contribution in [1.82, 2.24) is 20.6 Å². The van der Waals surface area contributed by atoms with E-state index >= 15 is 0 Å². The first-order chi connectivity index (χ1) is 20.2. The van der Waals surface area contributed by atoms with Gasteiger partial charge in [-0.15, -0.1) is 0 Å². The Balaban J connectivity index is 0.00000301. The lowest BCUT2D eigenvalue weighted by atomic mass is 9.96. The summed E-state index contributed by atoms with van der Waals surface area (Å²) in [7, 11) is 0. The van der Waals surface area contributed by atoms with Crippen molar-refractivity contribution in [2.75, 3.05) is 23.0 Å². The van der Waals surface area contributed by atoms with Gasteiger partial charge < -0.3 is 20.3 Å². The number of aryl methyl sites for hydroxylation is 1. The van der Waals surface area contributed by atoms with E-state index in [-0.39, 0.29) is 17.9 Å². The molecule has 1 aliphatic carbocycles. The van der Waals surface area contributed by atoms with E-state index in [0.717, 1.165) is 79.8 Å². The van der Waals surface area contributed by atoms with Crippen molar-refractivity contribution in [3.63, 3.8) is 0 Å². The Labute approximate surface area is 252 Å². The number of nitrogens with two attached hydrogens (primary N) is 1. The first kappa shape index (κ1) is 34.5. The smallest absolute Gasteiger partial charge is 0.319 e. The van der Waals surface area contributed by atoms with Crippen LogP contribution in [0.1, 0.15) is 97.2 Å². The summed E-state index contributed by atoms with van der Waals surface area (Å²) < 4.78 is 0. The van der Waals surface area contributed by atoms with Crippen molar-refractivity contribution in [1.29, 1.82) is 0 Å². The standard InChI is InChI=1S/C31H45N7O2.C2H6/c1-6-18-37(19-10-11-24(4)39)27-14-16-28(17-15-27)38(32)30-33-21-29(25(5)35-30)22(2)20-23(3)34-31(40)36-26-12-8-7-9-13-26;1-2/h14-17,20-21,26H,3,6-13,18-19,32H2,1-2,4-5H3,(H2,34,36,40);1-2H3/b22-20-;. The molecule has 0 radical (unpaired) electrons. The van der Waals surface area contributed by atoms with Gasteiger partial charge in [-0.25, -0.2) is 25.6 Å². The molecule has 0 spiro atoms. The molecule has 1 saturated carbocycles. The summed E-state index contributed by atoms with van der Waals surface area (Å²) >= 11 is 0. The van der Waals surface area contributed by atoms with Gasteiger partial charge in [0.15, 0.2) is 0 Å². The van der Waals surface area contributed by atoms with Gasteiger partial charge in [0, 0.05) is 48.7 Å². The second-order valence-electron chi connectivity index (χ2n) is 10.6. The maximum atomic E-state index is 12.4. The van der Waals surface area contributed by atoms with Crippen LogP contribution in [0.3, 0.4) is 0 Å². The second kappa shape index (κ2) is 18.0. The van der Waals surface area contributed by atoms with Gasteiger partial charge in [-0.1, -0.05) is 46.6 Å². The highest BCUT2D eigenvalue weighted by Gasteiger charge is 2.16. The van der Waals surface area contributed by atoms with Crippen LogP contribution in [0.4, 0.5) is 22.1 Å². The molecule has 2 amide bonds. The molecule has 3 rings (SSSR count). The molecule has 0 bridgehead atoms. The molecular weight excluding hydrogens is 526 g/mol. The molecule has 230 valence electrons. The van der Waals surface area contributed by atoms with Crippen LogP contribution in [0.25, 0.3) is 5.57 Å². The van der Waals surface area contributed by atoms with E-state index in [2.05, 4.69) is 39.0 Å². The van der Waals surface area contributed by atoms with Crippen molar-refractivity contribution in [3.8, 4) is 0 Å². The number of aromatic nitrogens is 2. The van der Waals surface area contributed by atoms with Crippen LogP contribution in [-0.4, -0.2) is 40.9 Å². The number of urea groups is 1. The third kappa shape index (κ3) is 10.9. The molecule has 1 aromatic heterocycles. The topological polar surface area (TPSA) is 116 Å². The Hall–Kier alpha value is -3.72. The largest absolute Gasteiger partial charge is 0.372 e. The van der Waals surface area contributed by atoms with Gasteiger partial charge in [0.1, 0.15) is 5.78 Å². The van der Waals surface area contributed by atoms with Crippen LogP contribution >= 0.6 is 0 Å². The monoisotopic (exact) mass is 577 g/mol. The number of carbonyl (C=O) groups is 2. The minimum atomic E-state index is -0.220. The van der Waals surface area contributed by atoms with Crippen LogP contribution in [0.15, 0.2) is 48.8 Å². The van der Waals surface area contributed by atoms with Gasteiger partial charge in [-0.3, -0.25) is 0 Å². The number of Topliss-reactive ketones (excluding diaryl/α,β-unsaturated/α-hetero) is 1. The molecule has 0 saturated heterocycles. The number of amides is 2. The van der Waals surface area contributed by atoms with E-state index in [1.807, 2.05) is 58.0 Å². The fraction of sp³-hybridized carbons (Fsp3) is 0.515. The van der Waals surface area contributed by atoms with E-state index in [1.54, 1.807) is 13.1 Å². The van der Waals surface area contributed by atoms with E-state index in [1.165, 1.54) is 11.4 Å². The molecule has 4 N–H and O–H groups in total. The summed E-state index contributed by atoms with van der Waals surface area (Å²) in [5.74, 6) is 7.00. The summed E-state index contributed by atoms with van der Waals surface area (Å²) in [6.45, 7) is 17.4. The Morgan fingerprint density at radius 2 is 1.71 bits per heavy atom. The first-order valence-electron chi connectivity index (χ1n) is 15.4. The normalized spacial score (nSPS) is 13.5. The van der Waals surface area contributed by atoms with Gasteiger partial charge in [0.05, 0.1) is 11.4 Å². The number of nitrogens with zero attached hydrogens (tertiary/aromatic N) is 4. The number of nitrogens with one attached hydrogen (secondary N) is 2. The van der Waals surface area contributed by atoms with E-state index in [0.29, 0.717) is 18.1 Å². The van der Waals surface area contributed by atoms with Crippen LogP contribution in [-0.2, 0) is 4.79 Å². The minimum absolute atomic E-state index is 0.219. The third-order valence-corrected chi connectivity index (χ3v) is 7.16. The van der Waals surface area contributed by atoms with Crippen molar-refractivity contribution < 1.29 is 9.59 Å². The number of benzene rings is 1. The van der Waals surface area contributed by atoms with Crippen LogP contribution < -0.4 is 26.4 Å². The van der Waals surface area contributed by atoms with Crippen molar-refractivity contribution in [2.45, 2.75) is 99.0 Å². The Morgan fingerprint density at radius 1 is 1.07 bits per heavy atom. The number of allylic oxidation sites excluding steroid dienone is 2. The molecule has 42 heavy (non-hydrogen) atoms. The lowest BCUT2D eigenvalue weighted by molar-refractivity contribution is -0.117. The molecule has 0 aliphatic heterocycles. The number of hydrogen-bond donors (Lipinski definition) is 3. The fourth-order valence-corrected chi connectivity index (χ4v) is 5.05. The summed E-state index contributed by atoms with van der Waals surface area (Å²) in [6.07, 6.45) is 11.6. The van der Waals surface area contributed by atoms with Crippen LogP contribution in [0.5, 0.6) is 0 Å². The van der Waals surface area contributed by atoms with E-state index < -0.39 is 0 Å². The van der Waals surface area contributed by atoms with Crippen LogP contribution in [0.2, 0.25) is 0 Å². The van der Waals surface area contributed by atoms with E-state index in [9.17, 15) is 9.59 Å². The van der Waals surface area contributed by atoms with Gasteiger partial charge in [0.2, 0.25) is 5.95 Å². The number of ketones is 1. The molecule has 1 heterocycles. The molecular formula is C33H51N7O2. The lowest BCUT2D eigenvalue weighted by Crippen LogP contribution is -2.42. The van der Waals surface area contributed by atoms with Gasteiger partial charge >= 0.3 is 6.03 Å². The molecule has 2 aromatic rings. The maximum Gasteiger partial charge on any atom is 0.319 e. The summed E-state index contributed by atoms with van der Waals surface area (Å²) in [4.78, 5) is 35.1. The van der Waals surface area contributed by atoms with E-state index in [4.69, 9.17) is 5.84 Å². The number of hydrogen-bond acceptors (Lipinski definition) is 7. The number of rotatable bonds is 13. The Bertz CT molecular complexity index is 1190. The molecule has 0 atom stereocenters. The summed E-state index contributed by atoms with van der Waals surface area (Å²) in [6, 6.07) is 8.00. The minimum Gasteiger partial charge on any atom is -0.372 e. The van der Waals surface area contributed by atoms with Gasteiger partial charge in [0.25, 0.3) is 0 Å². The number of hydrazine groups is 1. The average molecular weight is 578 g/mol. The molecule has 9 heteroatoms. The lowest BCUT2D eigenvalue weighted by Gasteiger charge is -2.25. The van der Waals surface area contributed by atoms with Gasteiger partial charge in [-0.05, 0) is 82.4 Å². The number of carbonyl (C=O) groups excluding carboxylic acids is 2. The second-order valence-corrected chi connectivity index (χ2v) is 10.6. The molecule has 1 aromatic carbocycles. The van der Waals surface area contributed by atoms with Crippen molar-refractivity contribution in [3.05, 3.63) is 60.1 Å². The molecule has 0 unspecified atom stereocenters. The highest BCUT2D eigenvalue weighted by atomic mass is 16.2. The fourth-order valence-electron chi connectivity index (χ4n) is 5.05. The Morgan fingerprint density at radius 3 is 2.31 bits per heavy atom. The van der Waals surface area contributed by atoms with Crippen LogP contribution in [0, 0.1) is 6.92 Å². The molecule has 1 aliphatic rings. The third-order valence-electron chi connectivity index (χ3n) is 7.16. The summed E-state index contributed by atoms with van der Waals surface area (Å²) in [5, 5.41) is 7.33. The SMILES string of the molecule is C=C(/C=C(/C)c1cnc(N(N)c2ccc(N(CCC)CCCC(C)=O)cc2)nc1C)NC(=O)NC1CCCCC1.CC. The average Bonchev–Trinajstić information content (AvgIpc) is 2.97.